The highest BCUT2D eigenvalue weighted by Crippen LogP contribution is 2.37. The summed E-state index contributed by atoms with van der Waals surface area (Å²) in [6, 6.07) is 25.2. The minimum absolute atomic E-state index is 0.175. The van der Waals surface area contributed by atoms with E-state index in [0.29, 0.717) is 10.6 Å². The van der Waals surface area contributed by atoms with Gasteiger partial charge in [0.1, 0.15) is 5.25 Å². The number of aromatic carboxylic acids is 2. The van der Waals surface area contributed by atoms with Crippen LogP contribution in [0.15, 0.2) is 95.9 Å². The summed E-state index contributed by atoms with van der Waals surface area (Å²) >= 11 is 1.31. The smallest absolute Gasteiger partial charge is 0.336 e. The molecule has 202 valence electrons. The molecule has 0 saturated carbocycles. The lowest BCUT2D eigenvalue weighted by Gasteiger charge is -2.19. The van der Waals surface area contributed by atoms with Crippen LogP contribution in [0.25, 0.3) is 0 Å². The van der Waals surface area contributed by atoms with Crippen LogP contribution in [0.5, 0.6) is 0 Å². The lowest BCUT2D eigenvalue weighted by atomic mass is 10.0. The highest BCUT2D eigenvalue weighted by atomic mass is 32.2. The first-order valence-electron chi connectivity index (χ1n) is 12.2. The van der Waals surface area contributed by atoms with Gasteiger partial charge in [0, 0.05) is 16.3 Å². The van der Waals surface area contributed by atoms with E-state index in [4.69, 9.17) is 5.11 Å². The molecule has 0 saturated heterocycles. The number of benzene rings is 4. The molecule has 8 nitrogen and oxygen atoms in total. The second kappa shape index (κ2) is 12.3. The number of hydrogen-bond acceptors (Lipinski definition) is 5. The summed E-state index contributed by atoms with van der Waals surface area (Å²) in [5, 5.41) is 23.8. The number of carboxylic acids is 2. The van der Waals surface area contributed by atoms with Crippen LogP contribution in [-0.4, -0.2) is 34.0 Å². The Bertz CT molecular complexity index is 1600. The molecule has 4 rings (SSSR count). The molecule has 0 radical (unpaired) electrons. The first kappa shape index (κ1) is 28.1. The lowest BCUT2D eigenvalue weighted by molar-refractivity contribution is -0.115. The van der Waals surface area contributed by atoms with E-state index >= 15 is 0 Å². The fourth-order valence-electron chi connectivity index (χ4n) is 4.02. The van der Waals surface area contributed by atoms with Crippen molar-refractivity contribution in [1.29, 1.82) is 0 Å². The Balaban J connectivity index is 1.58. The molecule has 0 bridgehead atoms. The molecule has 0 spiro atoms. The van der Waals surface area contributed by atoms with Crippen molar-refractivity contribution in [2.75, 3.05) is 10.6 Å². The number of carboxylic acid groups (broad SMARTS) is 2. The highest BCUT2D eigenvalue weighted by molar-refractivity contribution is 8.00. The fourth-order valence-corrected chi connectivity index (χ4v) is 5.10. The lowest BCUT2D eigenvalue weighted by Crippen LogP contribution is -2.20. The summed E-state index contributed by atoms with van der Waals surface area (Å²) in [6.45, 7) is 3.93. The molecule has 0 aliphatic heterocycles. The summed E-state index contributed by atoms with van der Waals surface area (Å²) in [4.78, 5) is 50.1. The van der Waals surface area contributed by atoms with Crippen molar-refractivity contribution in [2.45, 2.75) is 24.0 Å². The van der Waals surface area contributed by atoms with Gasteiger partial charge >= 0.3 is 11.9 Å². The van der Waals surface area contributed by atoms with Crippen molar-refractivity contribution in [2.24, 2.45) is 0 Å². The zero-order valence-electron chi connectivity index (χ0n) is 21.7. The first-order chi connectivity index (χ1) is 19.1. The molecule has 2 amide bonds. The molecule has 0 aliphatic carbocycles. The van der Waals surface area contributed by atoms with Gasteiger partial charge in [0.15, 0.2) is 0 Å². The Morgan fingerprint density at radius 3 is 2.15 bits per heavy atom. The zero-order chi connectivity index (χ0) is 28.8. The van der Waals surface area contributed by atoms with E-state index < -0.39 is 28.7 Å². The number of nitrogens with one attached hydrogen (secondary N) is 2. The van der Waals surface area contributed by atoms with Crippen molar-refractivity contribution < 1.29 is 29.4 Å². The third-order valence-corrected chi connectivity index (χ3v) is 7.54. The predicted molar refractivity (Wildman–Crippen MR) is 154 cm³/mol. The number of amides is 2. The maximum absolute atomic E-state index is 13.5. The Kier molecular flexibility index (Phi) is 8.66. The van der Waals surface area contributed by atoms with Crippen LogP contribution in [0.2, 0.25) is 0 Å². The molecule has 40 heavy (non-hydrogen) atoms. The molecule has 0 aromatic heterocycles. The minimum Gasteiger partial charge on any atom is -0.478 e. The number of rotatable bonds is 9. The third-order valence-electron chi connectivity index (χ3n) is 6.29. The predicted octanol–water partition coefficient (Wildman–Crippen LogP) is 6.42. The molecular weight excluding hydrogens is 528 g/mol. The average molecular weight is 555 g/mol. The number of anilines is 2. The average Bonchev–Trinajstić information content (AvgIpc) is 2.94. The van der Waals surface area contributed by atoms with E-state index in [0.717, 1.165) is 28.4 Å². The Hall–Kier alpha value is -4.89. The Morgan fingerprint density at radius 2 is 1.45 bits per heavy atom. The van der Waals surface area contributed by atoms with E-state index in [9.17, 15) is 24.3 Å². The maximum Gasteiger partial charge on any atom is 0.336 e. The van der Waals surface area contributed by atoms with Crippen molar-refractivity contribution in [1.82, 2.24) is 0 Å². The highest BCUT2D eigenvalue weighted by Gasteiger charge is 2.24. The summed E-state index contributed by atoms with van der Waals surface area (Å²) < 4.78 is 0. The fraction of sp³-hybridized carbons (Fsp3) is 0.0968. The van der Waals surface area contributed by atoms with Gasteiger partial charge in [0.2, 0.25) is 5.91 Å². The summed E-state index contributed by atoms with van der Waals surface area (Å²) in [5.41, 5.74) is 3.13. The van der Waals surface area contributed by atoms with Crippen molar-refractivity contribution in [3.8, 4) is 0 Å². The van der Waals surface area contributed by atoms with Gasteiger partial charge in [0.25, 0.3) is 5.91 Å². The SMILES string of the molecule is Cc1cccc(NC(=O)C(Sc2cccc(NC(=O)c3ccc(C(=O)O)cc3C(=O)O)c2)c2ccccc2)c1C. The van der Waals surface area contributed by atoms with Crippen molar-refractivity contribution >= 4 is 46.9 Å². The summed E-state index contributed by atoms with van der Waals surface area (Å²) in [5.74, 6) is -3.63. The maximum atomic E-state index is 13.5. The van der Waals surface area contributed by atoms with Crippen LogP contribution in [-0.2, 0) is 4.79 Å². The van der Waals surface area contributed by atoms with E-state index in [-0.39, 0.29) is 17.0 Å². The van der Waals surface area contributed by atoms with Gasteiger partial charge in [-0.1, -0.05) is 48.5 Å². The van der Waals surface area contributed by atoms with Gasteiger partial charge in [-0.15, -0.1) is 11.8 Å². The van der Waals surface area contributed by atoms with Crippen molar-refractivity contribution in [3.05, 3.63) is 124 Å². The molecule has 0 fully saturated rings. The second-order valence-electron chi connectivity index (χ2n) is 9.00. The second-order valence-corrected chi connectivity index (χ2v) is 10.2. The molecule has 1 atom stereocenters. The van der Waals surface area contributed by atoms with Crippen LogP contribution in [0.4, 0.5) is 11.4 Å². The molecule has 4 aromatic rings. The minimum atomic E-state index is -1.42. The van der Waals surface area contributed by atoms with Crippen LogP contribution >= 0.6 is 11.8 Å². The van der Waals surface area contributed by atoms with E-state index in [1.807, 2.05) is 68.4 Å². The molecule has 0 aliphatic rings. The number of carbonyl (C=O) groups excluding carboxylic acids is 2. The van der Waals surface area contributed by atoms with Crippen molar-refractivity contribution in [3.63, 3.8) is 0 Å². The van der Waals surface area contributed by atoms with E-state index in [1.165, 1.54) is 23.9 Å². The van der Waals surface area contributed by atoms with Gasteiger partial charge in [-0.25, -0.2) is 9.59 Å². The molecule has 9 heteroatoms. The monoisotopic (exact) mass is 554 g/mol. The molecule has 1 unspecified atom stereocenters. The molecular formula is C31H26N2O6S. The number of carbonyl (C=O) groups is 4. The number of thioether (sulfide) groups is 1. The molecule has 4 aromatic carbocycles. The van der Waals surface area contributed by atoms with Gasteiger partial charge in [-0.05, 0) is 73.0 Å². The van der Waals surface area contributed by atoms with E-state index in [2.05, 4.69) is 10.6 Å². The normalized spacial score (nSPS) is 11.3. The largest absolute Gasteiger partial charge is 0.478 e. The summed E-state index contributed by atoms with van der Waals surface area (Å²) in [6.07, 6.45) is 0. The molecule has 0 heterocycles. The van der Waals surface area contributed by atoms with Gasteiger partial charge < -0.3 is 20.8 Å². The molecule has 4 N–H and O–H groups in total. The number of aryl methyl sites for hydroxylation is 1. The van der Waals surface area contributed by atoms with Gasteiger partial charge in [-0.2, -0.15) is 0 Å². The number of hydrogen-bond donors (Lipinski definition) is 4. The van der Waals surface area contributed by atoms with Crippen LogP contribution in [0.3, 0.4) is 0 Å². The van der Waals surface area contributed by atoms with E-state index in [1.54, 1.807) is 18.2 Å². The Morgan fingerprint density at radius 1 is 0.725 bits per heavy atom. The topological polar surface area (TPSA) is 133 Å². The first-order valence-corrected chi connectivity index (χ1v) is 13.1. The van der Waals surface area contributed by atoms with Crippen LogP contribution < -0.4 is 10.6 Å². The Labute approximate surface area is 235 Å². The quantitative estimate of drug-likeness (QED) is 0.175. The van der Waals surface area contributed by atoms with Crippen LogP contribution in [0, 0.1) is 13.8 Å². The van der Waals surface area contributed by atoms with Gasteiger partial charge in [-0.3, -0.25) is 9.59 Å². The zero-order valence-corrected chi connectivity index (χ0v) is 22.5. The third kappa shape index (κ3) is 6.57. The van der Waals surface area contributed by atoms with Gasteiger partial charge in [0.05, 0.1) is 16.7 Å². The standard InChI is InChI=1S/C31H26N2O6S/c1-18-8-6-13-26(19(18)2)33-29(35)27(20-9-4-3-5-10-20)40-23-12-7-11-22(17-23)32-28(34)24-15-14-21(30(36)37)16-25(24)31(38)39/h3-17,27H,1-2H3,(H,32,34)(H,33,35)(H,36,37)(H,38,39). The van der Waals surface area contributed by atoms with Crippen LogP contribution in [0.1, 0.15) is 53.0 Å². The summed E-state index contributed by atoms with van der Waals surface area (Å²) in [7, 11) is 0.